The fourth-order valence-electron chi connectivity index (χ4n) is 1.93. The van der Waals surface area contributed by atoms with Crippen LogP contribution in [0.3, 0.4) is 0 Å². The maximum Gasteiger partial charge on any atom is 0.165 e. The summed E-state index contributed by atoms with van der Waals surface area (Å²) in [5, 5.41) is 8.24. The molecular weight excluding hydrogens is 274 g/mol. The molecule has 1 aromatic heterocycles. The van der Waals surface area contributed by atoms with Gasteiger partial charge in [-0.2, -0.15) is 5.10 Å². The highest BCUT2D eigenvalue weighted by molar-refractivity contribution is 6.31. The number of aryl methyl sites for hydroxylation is 1. The van der Waals surface area contributed by atoms with E-state index in [1.54, 1.807) is 6.20 Å². The Balaban J connectivity index is 2.16. The van der Waals surface area contributed by atoms with Gasteiger partial charge in [-0.25, -0.2) is 0 Å². The Morgan fingerprint density at radius 3 is 2.95 bits per heavy atom. The zero-order valence-electron chi connectivity index (χ0n) is 11.9. The summed E-state index contributed by atoms with van der Waals surface area (Å²) >= 11 is 6.25. The molecule has 0 spiro atoms. The van der Waals surface area contributed by atoms with Gasteiger partial charge in [0.25, 0.3) is 0 Å². The third-order valence-electron chi connectivity index (χ3n) is 2.92. The van der Waals surface area contributed by atoms with E-state index in [-0.39, 0.29) is 0 Å². The van der Waals surface area contributed by atoms with Crippen molar-refractivity contribution in [2.24, 2.45) is 0 Å². The number of benzene rings is 1. The van der Waals surface area contributed by atoms with Crippen LogP contribution < -0.4 is 10.1 Å². The first-order valence-electron chi connectivity index (χ1n) is 6.93. The average molecular weight is 294 g/mol. The minimum atomic E-state index is 0.689. The Morgan fingerprint density at radius 1 is 1.35 bits per heavy atom. The van der Waals surface area contributed by atoms with Gasteiger partial charge < -0.3 is 10.1 Å². The number of nitrogens with one attached hydrogen (secondary N) is 1. The monoisotopic (exact) mass is 293 g/mol. The molecule has 1 heterocycles. The van der Waals surface area contributed by atoms with E-state index in [1.165, 1.54) is 0 Å². The number of rotatable bonds is 7. The van der Waals surface area contributed by atoms with Crippen LogP contribution in [-0.2, 0) is 13.1 Å². The van der Waals surface area contributed by atoms with Crippen LogP contribution in [0.25, 0.3) is 0 Å². The van der Waals surface area contributed by atoms with Crippen LogP contribution in [-0.4, -0.2) is 16.3 Å². The second-order valence-corrected chi connectivity index (χ2v) is 4.95. The lowest BCUT2D eigenvalue weighted by atomic mass is 10.2. The van der Waals surface area contributed by atoms with Crippen LogP contribution in [0.2, 0.25) is 5.02 Å². The molecule has 1 aromatic carbocycles. The summed E-state index contributed by atoms with van der Waals surface area (Å²) < 4.78 is 7.79. The molecule has 0 saturated heterocycles. The molecule has 0 fully saturated rings. The highest BCUT2D eigenvalue weighted by Crippen LogP contribution is 2.30. The molecular formula is C15H20ClN3O. The molecule has 0 saturated carbocycles. The second-order valence-electron chi connectivity index (χ2n) is 4.54. The number of halogens is 1. The van der Waals surface area contributed by atoms with E-state index >= 15 is 0 Å². The summed E-state index contributed by atoms with van der Waals surface area (Å²) in [6.07, 6.45) is 4.68. The molecule has 20 heavy (non-hydrogen) atoms. The Bertz CT molecular complexity index is 554. The van der Waals surface area contributed by atoms with Crippen LogP contribution in [0.4, 0.5) is 0 Å². The first kappa shape index (κ1) is 14.9. The molecule has 0 unspecified atom stereocenters. The van der Waals surface area contributed by atoms with Crippen molar-refractivity contribution in [1.29, 1.82) is 0 Å². The van der Waals surface area contributed by atoms with Gasteiger partial charge in [0.1, 0.15) is 5.75 Å². The molecule has 2 aromatic rings. The highest BCUT2D eigenvalue weighted by atomic mass is 35.5. The van der Waals surface area contributed by atoms with E-state index < -0.39 is 0 Å². The van der Waals surface area contributed by atoms with Crippen molar-refractivity contribution >= 4 is 11.6 Å². The highest BCUT2D eigenvalue weighted by Gasteiger charge is 2.09. The van der Waals surface area contributed by atoms with Crippen molar-refractivity contribution in [3.05, 3.63) is 41.2 Å². The molecule has 0 aliphatic heterocycles. The van der Waals surface area contributed by atoms with Crippen molar-refractivity contribution < 1.29 is 4.74 Å². The number of hydrogen-bond donors (Lipinski definition) is 1. The lowest BCUT2D eigenvalue weighted by Gasteiger charge is -2.11. The Morgan fingerprint density at radius 2 is 2.20 bits per heavy atom. The standard InChI is InChI=1S/C15H20ClN3O/c1-3-8-19-11-12(9-18-19)20-15-7-5-6-14(16)13(15)10-17-4-2/h5-7,9,11,17H,3-4,8,10H2,1-2H3. The maximum atomic E-state index is 6.25. The SMILES string of the molecule is CCCn1cc(Oc2cccc(Cl)c2CNCC)cn1. The molecule has 2 rings (SSSR count). The van der Waals surface area contributed by atoms with Crippen molar-refractivity contribution in [2.45, 2.75) is 33.4 Å². The van der Waals surface area contributed by atoms with Crippen LogP contribution in [0.1, 0.15) is 25.8 Å². The van der Waals surface area contributed by atoms with E-state index in [4.69, 9.17) is 16.3 Å². The third kappa shape index (κ3) is 3.74. The number of ether oxygens (including phenoxy) is 1. The minimum Gasteiger partial charge on any atom is -0.454 e. The summed E-state index contributed by atoms with van der Waals surface area (Å²) in [6.45, 7) is 6.65. The van der Waals surface area contributed by atoms with Gasteiger partial charge in [-0.15, -0.1) is 0 Å². The van der Waals surface area contributed by atoms with E-state index in [1.807, 2.05) is 29.1 Å². The average Bonchev–Trinajstić information content (AvgIpc) is 2.86. The first-order chi connectivity index (χ1) is 9.74. The Kier molecular flexibility index (Phi) is 5.44. The summed E-state index contributed by atoms with van der Waals surface area (Å²) in [6, 6.07) is 5.70. The fraction of sp³-hybridized carbons (Fsp3) is 0.400. The first-order valence-corrected chi connectivity index (χ1v) is 7.30. The van der Waals surface area contributed by atoms with Gasteiger partial charge in [0.2, 0.25) is 0 Å². The topological polar surface area (TPSA) is 39.1 Å². The molecule has 4 nitrogen and oxygen atoms in total. The van der Waals surface area contributed by atoms with Crippen molar-refractivity contribution in [1.82, 2.24) is 15.1 Å². The largest absolute Gasteiger partial charge is 0.454 e. The van der Waals surface area contributed by atoms with Gasteiger partial charge in [-0.3, -0.25) is 4.68 Å². The zero-order valence-corrected chi connectivity index (χ0v) is 12.7. The molecule has 0 aliphatic carbocycles. The normalized spacial score (nSPS) is 10.8. The van der Waals surface area contributed by atoms with Gasteiger partial charge in [0.05, 0.1) is 12.4 Å². The van der Waals surface area contributed by atoms with Gasteiger partial charge >= 0.3 is 0 Å². The molecule has 0 radical (unpaired) electrons. The molecule has 0 aliphatic rings. The van der Waals surface area contributed by atoms with Crippen LogP contribution in [0, 0.1) is 0 Å². The van der Waals surface area contributed by atoms with Gasteiger partial charge in [0, 0.05) is 23.7 Å². The van der Waals surface area contributed by atoms with Gasteiger partial charge in [0.15, 0.2) is 5.75 Å². The Labute approximate surface area is 124 Å². The lowest BCUT2D eigenvalue weighted by Crippen LogP contribution is -2.12. The van der Waals surface area contributed by atoms with Crippen LogP contribution in [0.5, 0.6) is 11.5 Å². The number of nitrogens with zero attached hydrogens (tertiary/aromatic N) is 2. The van der Waals surface area contributed by atoms with Gasteiger partial charge in [-0.1, -0.05) is 31.5 Å². The van der Waals surface area contributed by atoms with Gasteiger partial charge in [-0.05, 0) is 25.1 Å². The van der Waals surface area contributed by atoms with E-state index in [0.717, 1.165) is 36.6 Å². The van der Waals surface area contributed by atoms with Crippen molar-refractivity contribution in [2.75, 3.05) is 6.54 Å². The summed E-state index contributed by atoms with van der Waals surface area (Å²) in [5.41, 5.74) is 0.972. The van der Waals surface area contributed by atoms with Crippen molar-refractivity contribution in [3.8, 4) is 11.5 Å². The van der Waals surface area contributed by atoms with Crippen molar-refractivity contribution in [3.63, 3.8) is 0 Å². The molecule has 0 amide bonds. The third-order valence-corrected chi connectivity index (χ3v) is 3.27. The zero-order chi connectivity index (χ0) is 14.4. The van der Waals surface area contributed by atoms with E-state index in [0.29, 0.717) is 11.6 Å². The number of hydrogen-bond acceptors (Lipinski definition) is 3. The predicted molar refractivity (Wildman–Crippen MR) is 81.4 cm³/mol. The minimum absolute atomic E-state index is 0.689. The summed E-state index contributed by atoms with van der Waals surface area (Å²) in [7, 11) is 0. The van der Waals surface area contributed by atoms with Crippen LogP contribution >= 0.6 is 11.6 Å². The fourth-order valence-corrected chi connectivity index (χ4v) is 2.16. The molecule has 108 valence electrons. The smallest absolute Gasteiger partial charge is 0.165 e. The molecule has 1 N–H and O–H groups in total. The summed E-state index contributed by atoms with van der Waals surface area (Å²) in [5.74, 6) is 1.51. The second kappa shape index (κ2) is 7.31. The van der Waals surface area contributed by atoms with E-state index in [2.05, 4.69) is 24.3 Å². The lowest BCUT2D eigenvalue weighted by molar-refractivity contribution is 0.471. The Hall–Kier alpha value is -1.52. The molecule has 5 heteroatoms. The quantitative estimate of drug-likeness (QED) is 0.843. The maximum absolute atomic E-state index is 6.25. The molecule has 0 bridgehead atoms. The summed E-state index contributed by atoms with van der Waals surface area (Å²) in [4.78, 5) is 0. The number of aromatic nitrogens is 2. The predicted octanol–water partition coefficient (Wildman–Crippen LogP) is 3.85. The van der Waals surface area contributed by atoms with E-state index in [9.17, 15) is 0 Å². The molecule has 0 atom stereocenters. The van der Waals surface area contributed by atoms with Crippen LogP contribution in [0.15, 0.2) is 30.6 Å².